The van der Waals surface area contributed by atoms with Crippen LogP contribution in [-0.2, 0) is 4.79 Å². The van der Waals surface area contributed by atoms with E-state index in [1.807, 2.05) is 30.3 Å². The first-order valence-corrected chi connectivity index (χ1v) is 10.1. The normalized spacial score (nSPS) is 10.9. The monoisotopic (exact) mass is 478 g/mol. The smallest absolute Gasteiger partial charge is 0.336 e. The highest BCUT2D eigenvalue weighted by Crippen LogP contribution is 2.27. The topological polar surface area (TPSA) is 77.0 Å². The van der Waals surface area contributed by atoms with Gasteiger partial charge in [0.2, 0.25) is 0 Å². The number of methoxy groups -OCH3 is 1. The number of halogens is 1. The van der Waals surface area contributed by atoms with E-state index in [0.29, 0.717) is 16.9 Å². The van der Waals surface area contributed by atoms with Gasteiger partial charge in [-0.25, -0.2) is 10.2 Å². The van der Waals surface area contributed by atoms with Gasteiger partial charge in [0.05, 0.1) is 13.3 Å². The lowest BCUT2D eigenvalue weighted by atomic mass is 10.2. The molecule has 0 saturated carbocycles. The molecule has 0 heterocycles. The molecule has 0 radical (unpaired) electrons. The van der Waals surface area contributed by atoms with E-state index in [9.17, 15) is 9.59 Å². The highest BCUT2D eigenvalue weighted by Gasteiger charge is 2.09. The number of hydrogen-bond donors (Lipinski definition) is 1. The molecule has 7 heteroatoms. The molecule has 0 bridgehead atoms. The van der Waals surface area contributed by atoms with Crippen LogP contribution in [0.15, 0.2) is 88.4 Å². The van der Waals surface area contributed by atoms with Gasteiger partial charge in [-0.05, 0) is 59.7 Å². The fourth-order valence-corrected chi connectivity index (χ4v) is 2.82. The van der Waals surface area contributed by atoms with Gasteiger partial charge in [0, 0.05) is 16.1 Å². The summed E-state index contributed by atoms with van der Waals surface area (Å²) in [7, 11) is 1.47. The number of carbonyl (C=O) groups excluding carboxylic acids is 2. The number of rotatable bonds is 7. The molecule has 0 fully saturated rings. The van der Waals surface area contributed by atoms with Crippen LogP contribution in [0.4, 0.5) is 0 Å². The minimum atomic E-state index is -0.523. The second kappa shape index (κ2) is 10.9. The predicted molar refractivity (Wildman–Crippen MR) is 123 cm³/mol. The Morgan fingerprint density at radius 3 is 2.39 bits per heavy atom. The third-order valence-electron chi connectivity index (χ3n) is 4.10. The number of nitrogens with zero attached hydrogens (tertiary/aromatic N) is 1. The third-order valence-corrected chi connectivity index (χ3v) is 4.62. The van der Waals surface area contributed by atoms with Gasteiger partial charge >= 0.3 is 5.97 Å². The minimum Gasteiger partial charge on any atom is -0.493 e. The summed E-state index contributed by atoms with van der Waals surface area (Å²) in [5.74, 6) is -0.206. The van der Waals surface area contributed by atoms with E-state index in [2.05, 4.69) is 26.5 Å². The van der Waals surface area contributed by atoms with Gasteiger partial charge < -0.3 is 9.47 Å². The van der Waals surface area contributed by atoms with E-state index in [1.54, 1.807) is 48.5 Å². The quantitative estimate of drug-likeness (QED) is 0.173. The van der Waals surface area contributed by atoms with Gasteiger partial charge in [0.1, 0.15) is 0 Å². The number of nitrogens with one attached hydrogen (secondary N) is 1. The van der Waals surface area contributed by atoms with Crippen molar-refractivity contribution >= 4 is 40.1 Å². The number of esters is 1. The summed E-state index contributed by atoms with van der Waals surface area (Å²) < 4.78 is 11.5. The van der Waals surface area contributed by atoms with Gasteiger partial charge in [-0.1, -0.05) is 46.3 Å². The van der Waals surface area contributed by atoms with Crippen molar-refractivity contribution in [3.05, 3.63) is 100 Å². The zero-order chi connectivity index (χ0) is 22.1. The lowest BCUT2D eigenvalue weighted by molar-refractivity contribution is -0.129. The highest BCUT2D eigenvalue weighted by molar-refractivity contribution is 9.10. The summed E-state index contributed by atoms with van der Waals surface area (Å²) in [5, 5.41) is 3.96. The van der Waals surface area contributed by atoms with Gasteiger partial charge in [-0.3, -0.25) is 4.79 Å². The molecule has 0 aliphatic rings. The molecule has 0 unspecified atom stereocenters. The molecule has 3 rings (SSSR count). The SMILES string of the molecule is COc1cc(C=NNC(=O)c2ccc(Br)cc2)ccc1OC(=O)C=Cc1ccccc1. The Labute approximate surface area is 188 Å². The van der Waals surface area contributed by atoms with Crippen LogP contribution in [0.1, 0.15) is 21.5 Å². The van der Waals surface area contributed by atoms with E-state index in [-0.39, 0.29) is 11.7 Å². The summed E-state index contributed by atoms with van der Waals surface area (Å²) in [6, 6.07) is 21.3. The van der Waals surface area contributed by atoms with E-state index >= 15 is 0 Å². The molecule has 0 aliphatic carbocycles. The maximum atomic E-state index is 12.1. The second-order valence-electron chi connectivity index (χ2n) is 6.28. The van der Waals surface area contributed by atoms with Crippen molar-refractivity contribution in [1.29, 1.82) is 0 Å². The lowest BCUT2D eigenvalue weighted by Gasteiger charge is -2.08. The first-order chi connectivity index (χ1) is 15.0. The first kappa shape index (κ1) is 22.0. The van der Waals surface area contributed by atoms with E-state index in [1.165, 1.54) is 19.4 Å². The van der Waals surface area contributed by atoms with Crippen molar-refractivity contribution in [1.82, 2.24) is 5.43 Å². The molecule has 0 spiro atoms. The zero-order valence-electron chi connectivity index (χ0n) is 16.6. The molecule has 1 amide bonds. The zero-order valence-corrected chi connectivity index (χ0v) is 18.2. The van der Waals surface area contributed by atoms with Crippen molar-refractivity contribution in [2.45, 2.75) is 0 Å². The maximum Gasteiger partial charge on any atom is 0.336 e. The standard InChI is InChI=1S/C24H19BrN2O4/c1-30-22-15-18(16-26-27-24(29)19-9-11-20(25)12-10-19)7-13-21(22)31-23(28)14-8-17-5-3-2-4-6-17/h2-16H,1H3,(H,27,29). The predicted octanol–water partition coefficient (Wildman–Crippen LogP) is 4.84. The van der Waals surface area contributed by atoms with Gasteiger partial charge in [0.15, 0.2) is 11.5 Å². The molecular formula is C24H19BrN2O4. The fraction of sp³-hybridized carbons (Fsp3) is 0.0417. The lowest BCUT2D eigenvalue weighted by Crippen LogP contribution is -2.17. The van der Waals surface area contributed by atoms with Crippen LogP contribution in [0, 0.1) is 0 Å². The number of ether oxygens (including phenoxy) is 2. The van der Waals surface area contributed by atoms with Crippen molar-refractivity contribution in [3.63, 3.8) is 0 Å². The van der Waals surface area contributed by atoms with Crippen LogP contribution in [0.25, 0.3) is 6.08 Å². The number of amides is 1. The maximum absolute atomic E-state index is 12.1. The molecular weight excluding hydrogens is 460 g/mol. The van der Waals surface area contributed by atoms with Crippen molar-refractivity contribution in [2.24, 2.45) is 5.10 Å². The Bertz CT molecular complexity index is 1110. The summed E-state index contributed by atoms with van der Waals surface area (Å²) in [4.78, 5) is 24.2. The Kier molecular flexibility index (Phi) is 7.73. The summed E-state index contributed by atoms with van der Waals surface area (Å²) in [6.07, 6.45) is 4.49. The Hall–Kier alpha value is -3.71. The van der Waals surface area contributed by atoms with Gasteiger partial charge in [-0.2, -0.15) is 5.10 Å². The van der Waals surface area contributed by atoms with Gasteiger partial charge in [-0.15, -0.1) is 0 Å². The van der Waals surface area contributed by atoms with Crippen molar-refractivity contribution < 1.29 is 19.1 Å². The Morgan fingerprint density at radius 1 is 0.935 bits per heavy atom. The fourth-order valence-electron chi connectivity index (χ4n) is 2.55. The van der Waals surface area contributed by atoms with Gasteiger partial charge in [0.25, 0.3) is 5.91 Å². The molecule has 156 valence electrons. The number of carbonyl (C=O) groups is 2. The summed E-state index contributed by atoms with van der Waals surface area (Å²) in [6.45, 7) is 0. The van der Waals surface area contributed by atoms with Crippen LogP contribution >= 0.6 is 15.9 Å². The van der Waals surface area contributed by atoms with Crippen LogP contribution in [0.3, 0.4) is 0 Å². The molecule has 3 aromatic carbocycles. The number of hydrazone groups is 1. The Morgan fingerprint density at radius 2 is 1.68 bits per heavy atom. The van der Waals surface area contributed by atoms with Crippen molar-refractivity contribution in [2.75, 3.05) is 7.11 Å². The molecule has 0 aromatic heterocycles. The molecule has 0 aliphatic heterocycles. The highest BCUT2D eigenvalue weighted by atomic mass is 79.9. The number of hydrogen-bond acceptors (Lipinski definition) is 5. The molecule has 6 nitrogen and oxygen atoms in total. The molecule has 31 heavy (non-hydrogen) atoms. The third kappa shape index (κ3) is 6.65. The summed E-state index contributed by atoms with van der Waals surface area (Å²) in [5.41, 5.74) is 4.50. The molecule has 0 atom stereocenters. The van der Waals surface area contributed by atoms with Crippen LogP contribution < -0.4 is 14.9 Å². The minimum absolute atomic E-state index is 0.279. The van der Waals surface area contributed by atoms with Crippen LogP contribution in [0.2, 0.25) is 0 Å². The molecule has 0 saturated heterocycles. The van der Waals surface area contributed by atoms with Crippen molar-refractivity contribution in [3.8, 4) is 11.5 Å². The molecule has 1 N–H and O–H groups in total. The first-order valence-electron chi connectivity index (χ1n) is 9.27. The van der Waals surface area contributed by atoms with Crippen LogP contribution in [0.5, 0.6) is 11.5 Å². The van der Waals surface area contributed by atoms with E-state index in [4.69, 9.17) is 9.47 Å². The summed E-state index contributed by atoms with van der Waals surface area (Å²) >= 11 is 3.32. The van der Waals surface area contributed by atoms with E-state index < -0.39 is 5.97 Å². The molecule has 3 aromatic rings. The van der Waals surface area contributed by atoms with E-state index in [0.717, 1.165) is 10.0 Å². The number of benzene rings is 3. The second-order valence-corrected chi connectivity index (χ2v) is 7.20. The van der Waals surface area contributed by atoms with Crippen LogP contribution in [-0.4, -0.2) is 25.2 Å². The average molecular weight is 479 g/mol. The average Bonchev–Trinajstić information content (AvgIpc) is 2.79. The Balaban J connectivity index is 1.61. The largest absolute Gasteiger partial charge is 0.493 e.